The number of hydrogen-bond donors (Lipinski definition) is 1. The first-order chi connectivity index (χ1) is 7.87. The summed E-state index contributed by atoms with van der Waals surface area (Å²) in [7, 11) is 0. The topological polar surface area (TPSA) is 30.9 Å². The molecular weight excluding hydrogens is 249 g/mol. The van der Waals surface area contributed by atoms with Crippen LogP contribution in [0.15, 0.2) is 30.5 Å². The van der Waals surface area contributed by atoms with Crippen molar-refractivity contribution in [2.75, 3.05) is 0 Å². The molecule has 17 heavy (non-hydrogen) atoms. The van der Waals surface area contributed by atoms with Crippen molar-refractivity contribution in [2.45, 2.75) is 12.7 Å². The SMILES string of the molecule is NC(=S)c1ccc2ccn(CC(F)(F)F)c2c1. The van der Waals surface area contributed by atoms with Crippen LogP contribution < -0.4 is 5.73 Å². The molecule has 1 aromatic heterocycles. The van der Waals surface area contributed by atoms with Crippen molar-refractivity contribution < 1.29 is 13.2 Å². The van der Waals surface area contributed by atoms with Crippen LogP contribution in [0.4, 0.5) is 13.2 Å². The van der Waals surface area contributed by atoms with Gasteiger partial charge in [-0.2, -0.15) is 13.2 Å². The highest BCUT2D eigenvalue weighted by molar-refractivity contribution is 7.80. The van der Waals surface area contributed by atoms with E-state index in [4.69, 9.17) is 18.0 Å². The summed E-state index contributed by atoms with van der Waals surface area (Å²) in [5, 5.41) is 0.731. The maximum atomic E-state index is 12.3. The highest BCUT2D eigenvalue weighted by Crippen LogP contribution is 2.23. The van der Waals surface area contributed by atoms with Crippen LogP contribution in [0.2, 0.25) is 0 Å². The fourth-order valence-electron chi connectivity index (χ4n) is 1.67. The lowest BCUT2D eigenvalue weighted by Gasteiger charge is -2.09. The predicted octanol–water partition coefficient (Wildman–Crippen LogP) is 2.84. The van der Waals surface area contributed by atoms with Crippen molar-refractivity contribution in [3.05, 3.63) is 36.0 Å². The Morgan fingerprint density at radius 2 is 2.00 bits per heavy atom. The Labute approximate surface area is 101 Å². The molecular formula is C11H9F3N2S. The third-order valence-electron chi connectivity index (χ3n) is 2.41. The lowest BCUT2D eigenvalue weighted by atomic mass is 10.1. The van der Waals surface area contributed by atoms with Crippen LogP contribution in [0.3, 0.4) is 0 Å². The molecule has 0 aliphatic rings. The molecule has 0 aliphatic heterocycles. The van der Waals surface area contributed by atoms with Gasteiger partial charge in [-0.15, -0.1) is 0 Å². The molecule has 90 valence electrons. The number of hydrogen-bond acceptors (Lipinski definition) is 1. The second-order valence-corrected chi connectivity index (χ2v) is 4.14. The van der Waals surface area contributed by atoms with Crippen molar-refractivity contribution in [2.24, 2.45) is 5.73 Å². The summed E-state index contributed by atoms with van der Waals surface area (Å²) < 4.78 is 38.1. The van der Waals surface area contributed by atoms with Gasteiger partial charge < -0.3 is 10.3 Å². The molecule has 0 bridgehead atoms. The molecule has 0 aliphatic carbocycles. The van der Waals surface area contributed by atoms with E-state index in [1.807, 2.05) is 0 Å². The average molecular weight is 258 g/mol. The summed E-state index contributed by atoms with van der Waals surface area (Å²) in [5.41, 5.74) is 6.49. The number of nitrogens with two attached hydrogens (primary N) is 1. The van der Waals surface area contributed by atoms with E-state index in [1.165, 1.54) is 6.20 Å². The largest absolute Gasteiger partial charge is 0.406 e. The standard InChI is InChI=1S/C11H9F3N2S/c12-11(13,14)6-16-4-3-7-1-2-8(10(15)17)5-9(7)16/h1-5H,6H2,(H2,15,17). The Balaban J connectivity index is 2.50. The summed E-state index contributed by atoms with van der Waals surface area (Å²) in [6.07, 6.45) is -2.84. The van der Waals surface area contributed by atoms with Crippen molar-refractivity contribution in [3.63, 3.8) is 0 Å². The fourth-order valence-corrected chi connectivity index (χ4v) is 1.80. The van der Waals surface area contributed by atoms with Gasteiger partial charge in [-0.1, -0.05) is 24.4 Å². The zero-order valence-corrected chi connectivity index (χ0v) is 9.48. The molecule has 2 aromatic rings. The molecule has 2 nitrogen and oxygen atoms in total. The van der Waals surface area contributed by atoms with E-state index in [1.54, 1.807) is 24.3 Å². The molecule has 1 heterocycles. The molecule has 0 fully saturated rings. The van der Waals surface area contributed by atoms with Crippen LogP contribution >= 0.6 is 12.2 Å². The van der Waals surface area contributed by atoms with Crippen LogP contribution in [-0.2, 0) is 6.54 Å². The molecule has 0 unspecified atom stereocenters. The van der Waals surface area contributed by atoms with E-state index in [-0.39, 0.29) is 4.99 Å². The summed E-state index contributed by atoms with van der Waals surface area (Å²) in [4.78, 5) is 0.173. The fraction of sp³-hybridized carbons (Fsp3) is 0.182. The van der Waals surface area contributed by atoms with E-state index in [0.717, 1.165) is 9.95 Å². The molecule has 0 saturated heterocycles. The third-order valence-corrected chi connectivity index (χ3v) is 2.64. The quantitative estimate of drug-likeness (QED) is 0.840. The first kappa shape index (κ1) is 11.9. The number of alkyl halides is 3. The highest BCUT2D eigenvalue weighted by atomic mass is 32.1. The van der Waals surface area contributed by atoms with Crippen molar-refractivity contribution in [1.29, 1.82) is 0 Å². The second kappa shape index (κ2) is 4.03. The van der Waals surface area contributed by atoms with Gasteiger partial charge in [-0.05, 0) is 17.5 Å². The van der Waals surface area contributed by atoms with Gasteiger partial charge in [0.1, 0.15) is 11.5 Å². The van der Waals surface area contributed by atoms with Crippen LogP contribution in [0.25, 0.3) is 10.9 Å². The molecule has 1 aromatic carbocycles. The third kappa shape index (κ3) is 2.58. The average Bonchev–Trinajstić information content (AvgIpc) is 2.58. The van der Waals surface area contributed by atoms with Gasteiger partial charge in [0, 0.05) is 17.3 Å². The van der Waals surface area contributed by atoms with Crippen molar-refractivity contribution >= 4 is 28.1 Å². The Hall–Kier alpha value is -1.56. The van der Waals surface area contributed by atoms with Crippen LogP contribution in [0, 0.1) is 0 Å². The van der Waals surface area contributed by atoms with Gasteiger partial charge in [0.05, 0.1) is 0 Å². The minimum atomic E-state index is -4.24. The molecule has 2 rings (SSSR count). The Morgan fingerprint density at radius 3 is 2.59 bits per heavy atom. The molecule has 6 heteroatoms. The molecule has 0 saturated carbocycles. The summed E-state index contributed by atoms with van der Waals surface area (Å²) in [5.74, 6) is 0. The number of thiocarbonyl (C=S) groups is 1. The van der Waals surface area contributed by atoms with E-state index < -0.39 is 12.7 Å². The Morgan fingerprint density at radius 1 is 1.29 bits per heavy atom. The molecule has 2 N–H and O–H groups in total. The van der Waals surface area contributed by atoms with Gasteiger partial charge in [-0.3, -0.25) is 0 Å². The van der Waals surface area contributed by atoms with E-state index >= 15 is 0 Å². The van der Waals surface area contributed by atoms with Gasteiger partial charge in [0.2, 0.25) is 0 Å². The number of benzene rings is 1. The normalized spacial score (nSPS) is 11.9. The van der Waals surface area contributed by atoms with E-state index in [0.29, 0.717) is 11.1 Å². The number of aromatic nitrogens is 1. The zero-order valence-electron chi connectivity index (χ0n) is 8.66. The summed E-state index contributed by atoms with van der Waals surface area (Å²) in [6.45, 7) is -1.02. The lowest BCUT2D eigenvalue weighted by Crippen LogP contribution is -2.17. The smallest absolute Gasteiger partial charge is 0.389 e. The van der Waals surface area contributed by atoms with Crippen LogP contribution in [0.1, 0.15) is 5.56 Å². The maximum absolute atomic E-state index is 12.3. The Bertz CT molecular complexity index is 572. The summed E-state index contributed by atoms with van der Waals surface area (Å²) in [6, 6.07) is 6.60. The first-order valence-electron chi connectivity index (χ1n) is 4.82. The minimum Gasteiger partial charge on any atom is -0.389 e. The number of halogens is 3. The van der Waals surface area contributed by atoms with Crippen LogP contribution in [0.5, 0.6) is 0 Å². The lowest BCUT2D eigenvalue weighted by molar-refractivity contribution is -0.139. The predicted molar refractivity (Wildman–Crippen MR) is 63.9 cm³/mol. The van der Waals surface area contributed by atoms with Gasteiger partial charge >= 0.3 is 6.18 Å². The van der Waals surface area contributed by atoms with E-state index in [2.05, 4.69) is 0 Å². The number of nitrogens with zero attached hydrogens (tertiary/aromatic N) is 1. The van der Waals surface area contributed by atoms with E-state index in [9.17, 15) is 13.2 Å². The molecule has 0 spiro atoms. The zero-order chi connectivity index (χ0) is 12.6. The molecule has 0 radical (unpaired) electrons. The number of rotatable bonds is 2. The molecule has 0 amide bonds. The van der Waals surface area contributed by atoms with Gasteiger partial charge in [-0.25, -0.2) is 0 Å². The highest BCUT2D eigenvalue weighted by Gasteiger charge is 2.28. The van der Waals surface area contributed by atoms with Crippen molar-refractivity contribution in [3.8, 4) is 0 Å². The minimum absolute atomic E-state index is 0.173. The van der Waals surface area contributed by atoms with Gasteiger partial charge in [0.25, 0.3) is 0 Å². The van der Waals surface area contributed by atoms with Gasteiger partial charge in [0.15, 0.2) is 0 Å². The summed E-state index contributed by atoms with van der Waals surface area (Å²) >= 11 is 4.80. The monoisotopic (exact) mass is 258 g/mol. The second-order valence-electron chi connectivity index (χ2n) is 3.70. The number of fused-ring (bicyclic) bond motifs is 1. The maximum Gasteiger partial charge on any atom is 0.406 e. The molecule has 0 atom stereocenters. The Kier molecular flexibility index (Phi) is 2.82. The first-order valence-corrected chi connectivity index (χ1v) is 5.23. The van der Waals surface area contributed by atoms with Crippen molar-refractivity contribution in [1.82, 2.24) is 4.57 Å². The van der Waals surface area contributed by atoms with Crippen LogP contribution in [-0.4, -0.2) is 15.7 Å².